The Bertz CT molecular complexity index is 370. The molecule has 1 aromatic heterocycles. The number of halogens is 4. The van der Waals surface area contributed by atoms with Gasteiger partial charge in [-0.05, 0) is 22.0 Å². The molecule has 0 spiro atoms. The van der Waals surface area contributed by atoms with E-state index in [0.717, 1.165) is 0 Å². The average molecular weight is 300 g/mol. The third-order valence-corrected chi connectivity index (χ3v) is 2.05. The van der Waals surface area contributed by atoms with Gasteiger partial charge in [-0.25, -0.2) is 0 Å². The maximum Gasteiger partial charge on any atom is 0.318 e. The maximum absolute atomic E-state index is 12.4. The number of carbonyl (C=O) groups excluding carboxylic acids is 1. The Kier molecular flexibility index (Phi) is 3.98. The molecule has 1 amide bonds. The molecule has 0 fully saturated rings. The number of hydrogen-bond donors (Lipinski definition) is 1. The molecule has 0 radical (unpaired) electrons. The fourth-order valence-electron chi connectivity index (χ4n) is 0.835. The van der Waals surface area contributed by atoms with E-state index in [1.165, 1.54) is 18.5 Å². The van der Waals surface area contributed by atoms with Gasteiger partial charge in [-0.15, -0.1) is 0 Å². The van der Waals surface area contributed by atoms with Crippen LogP contribution in [-0.2, 0) is 0 Å². The van der Waals surface area contributed by atoms with Crippen molar-refractivity contribution in [2.24, 2.45) is 0 Å². The van der Waals surface area contributed by atoms with Crippen molar-refractivity contribution in [1.29, 1.82) is 0 Å². The lowest BCUT2D eigenvalue weighted by Crippen LogP contribution is -2.32. The molecule has 0 aliphatic heterocycles. The summed E-state index contributed by atoms with van der Waals surface area (Å²) >= 11 is 7.75. The maximum atomic E-state index is 12.4. The van der Waals surface area contributed by atoms with Crippen LogP contribution < -0.4 is 5.32 Å². The molecule has 1 rings (SSSR count). The van der Waals surface area contributed by atoms with Gasteiger partial charge in [-0.1, -0.05) is 11.6 Å². The van der Waals surface area contributed by atoms with Crippen LogP contribution in [0, 0.1) is 0 Å². The Morgan fingerprint density at radius 2 is 2.33 bits per heavy atom. The van der Waals surface area contributed by atoms with Gasteiger partial charge in [-0.3, -0.25) is 9.78 Å². The van der Waals surface area contributed by atoms with Crippen LogP contribution in [0.1, 0.15) is 10.4 Å². The topological polar surface area (TPSA) is 42.0 Å². The molecular weight excluding hydrogens is 293 g/mol. The molecule has 0 aromatic carbocycles. The van der Waals surface area contributed by atoms with Crippen molar-refractivity contribution in [3.05, 3.63) is 29.0 Å². The van der Waals surface area contributed by atoms with E-state index in [-0.39, 0.29) is 10.6 Å². The van der Waals surface area contributed by atoms with E-state index in [1.54, 1.807) is 0 Å². The smallest absolute Gasteiger partial charge is 0.318 e. The van der Waals surface area contributed by atoms with Crippen LogP contribution in [0.5, 0.6) is 0 Å². The fourth-order valence-corrected chi connectivity index (χ4v) is 1.18. The fraction of sp³-hybridized carbons (Fsp3) is 0.250. The third kappa shape index (κ3) is 4.09. The van der Waals surface area contributed by atoms with Crippen LogP contribution in [-0.4, -0.2) is 22.3 Å². The van der Waals surface area contributed by atoms with Crippen LogP contribution in [0.4, 0.5) is 8.78 Å². The van der Waals surface area contributed by atoms with Crippen molar-refractivity contribution >= 4 is 33.4 Å². The van der Waals surface area contributed by atoms with Crippen molar-refractivity contribution in [3.8, 4) is 0 Å². The van der Waals surface area contributed by atoms with Crippen LogP contribution >= 0.6 is 27.5 Å². The zero-order valence-corrected chi connectivity index (χ0v) is 9.65. The standard InChI is InChI=1S/C8H6BrClF2N2O/c9-8(11,12)4-14-7(15)5-1-2-13-3-6(5)10/h1-3H,4H2,(H,14,15). The van der Waals surface area contributed by atoms with Crippen LogP contribution in [0.15, 0.2) is 18.5 Å². The van der Waals surface area contributed by atoms with E-state index in [4.69, 9.17) is 11.6 Å². The van der Waals surface area contributed by atoms with E-state index >= 15 is 0 Å². The molecule has 0 aliphatic carbocycles. The Balaban J connectivity index is 2.66. The van der Waals surface area contributed by atoms with Gasteiger partial charge in [-0.2, -0.15) is 8.78 Å². The second kappa shape index (κ2) is 4.85. The molecule has 0 aliphatic rings. The Morgan fingerprint density at radius 1 is 1.67 bits per heavy atom. The van der Waals surface area contributed by atoms with Gasteiger partial charge in [0.15, 0.2) is 0 Å². The number of nitrogens with zero attached hydrogens (tertiary/aromatic N) is 1. The molecule has 0 bridgehead atoms. The van der Waals surface area contributed by atoms with Crippen molar-refractivity contribution in [2.75, 3.05) is 6.54 Å². The summed E-state index contributed by atoms with van der Waals surface area (Å²) in [6.45, 7) is -0.801. The summed E-state index contributed by atoms with van der Waals surface area (Å²) in [6, 6.07) is 1.35. The van der Waals surface area contributed by atoms with E-state index in [1.807, 2.05) is 5.32 Å². The first-order valence-electron chi connectivity index (χ1n) is 3.84. The molecule has 3 nitrogen and oxygen atoms in total. The average Bonchev–Trinajstić information content (AvgIpc) is 2.14. The van der Waals surface area contributed by atoms with Gasteiger partial charge in [0.05, 0.1) is 17.1 Å². The summed E-state index contributed by atoms with van der Waals surface area (Å²) in [7, 11) is 0. The number of hydrogen-bond acceptors (Lipinski definition) is 2. The number of nitrogens with one attached hydrogen (secondary N) is 1. The van der Waals surface area contributed by atoms with Crippen molar-refractivity contribution in [2.45, 2.75) is 4.83 Å². The lowest BCUT2D eigenvalue weighted by atomic mass is 10.2. The second-order valence-electron chi connectivity index (χ2n) is 2.65. The number of amides is 1. The summed E-state index contributed by atoms with van der Waals surface area (Å²) in [6.07, 6.45) is 2.62. The quantitative estimate of drug-likeness (QED) is 0.871. The number of pyridine rings is 1. The number of carbonyl (C=O) groups is 1. The molecule has 82 valence electrons. The zero-order valence-electron chi connectivity index (χ0n) is 7.31. The number of aromatic nitrogens is 1. The number of rotatable bonds is 3. The first-order chi connectivity index (χ1) is 6.90. The van der Waals surface area contributed by atoms with E-state index < -0.39 is 17.3 Å². The highest BCUT2D eigenvalue weighted by atomic mass is 79.9. The Labute approximate surface area is 98.0 Å². The molecule has 1 N–H and O–H groups in total. The highest BCUT2D eigenvalue weighted by molar-refractivity contribution is 9.10. The monoisotopic (exact) mass is 298 g/mol. The predicted molar refractivity (Wildman–Crippen MR) is 55.5 cm³/mol. The largest absolute Gasteiger partial charge is 0.345 e. The molecule has 0 saturated heterocycles. The summed E-state index contributed by atoms with van der Waals surface area (Å²) in [4.78, 5) is 11.9. The molecule has 7 heteroatoms. The second-order valence-corrected chi connectivity index (χ2v) is 4.22. The summed E-state index contributed by atoms with van der Waals surface area (Å²) in [5.41, 5.74) is 0.114. The Hall–Kier alpha value is -0.750. The highest BCUT2D eigenvalue weighted by Gasteiger charge is 2.25. The lowest BCUT2D eigenvalue weighted by molar-refractivity contribution is 0.0835. The van der Waals surface area contributed by atoms with Gasteiger partial charge >= 0.3 is 4.83 Å². The van der Waals surface area contributed by atoms with Crippen molar-refractivity contribution in [3.63, 3.8) is 0 Å². The van der Waals surface area contributed by atoms with Gasteiger partial charge in [0, 0.05) is 12.4 Å². The summed E-state index contributed by atoms with van der Waals surface area (Å²) in [5, 5.41) is 2.15. The van der Waals surface area contributed by atoms with Gasteiger partial charge < -0.3 is 5.32 Å². The molecule has 1 aromatic rings. The number of alkyl halides is 3. The first kappa shape index (κ1) is 12.3. The molecule has 0 saturated carbocycles. The van der Waals surface area contributed by atoms with Gasteiger partial charge in [0.1, 0.15) is 0 Å². The molecule has 15 heavy (non-hydrogen) atoms. The molecule has 0 unspecified atom stereocenters. The normalized spacial score (nSPS) is 11.2. The zero-order chi connectivity index (χ0) is 11.5. The van der Waals surface area contributed by atoms with E-state index in [2.05, 4.69) is 20.9 Å². The van der Waals surface area contributed by atoms with Gasteiger partial charge in [0.2, 0.25) is 0 Å². The van der Waals surface area contributed by atoms with E-state index in [9.17, 15) is 13.6 Å². The summed E-state index contributed by atoms with van der Waals surface area (Å²) in [5.74, 6) is -0.665. The Morgan fingerprint density at radius 3 is 2.87 bits per heavy atom. The minimum absolute atomic E-state index is 0.114. The van der Waals surface area contributed by atoms with Crippen LogP contribution in [0.2, 0.25) is 5.02 Å². The van der Waals surface area contributed by atoms with Gasteiger partial charge in [0.25, 0.3) is 5.91 Å². The van der Waals surface area contributed by atoms with Crippen molar-refractivity contribution < 1.29 is 13.6 Å². The van der Waals surface area contributed by atoms with Crippen molar-refractivity contribution in [1.82, 2.24) is 10.3 Å². The van der Waals surface area contributed by atoms with Crippen LogP contribution in [0.25, 0.3) is 0 Å². The minimum atomic E-state index is -3.12. The SMILES string of the molecule is O=C(NCC(F)(F)Br)c1ccncc1Cl. The molecule has 0 atom stereocenters. The summed E-state index contributed by atoms with van der Waals surface area (Å²) < 4.78 is 24.7. The third-order valence-electron chi connectivity index (χ3n) is 1.47. The molecular formula is C8H6BrClF2N2O. The lowest BCUT2D eigenvalue weighted by Gasteiger charge is -2.10. The first-order valence-corrected chi connectivity index (χ1v) is 5.02. The minimum Gasteiger partial charge on any atom is -0.345 e. The van der Waals surface area contributed by atoms with E-state index in [0.29, 0.717) is 0 Å². The highest BCUT2D eigenvalue weighted by Crippen LogP contribution is 2.20. The molecule has 1 heterocycles. The van der Waals surface area contributed by atoms with Crippen LogP contribution in [0.3, 0.4) is 0 Å². The predicted octanol–water partition coefficient (Wildman–Crippen LogP) is 2.45.